The van der Waals surface area contributed by atoms with E-state index in [2.05, 4.69) is 42.5 Å². The van der Waals surface area contributed by atoms with Crippen molar-refractivity contribution in [2.24, 2.45) is 17.3 Å². The van der Waals surface area contributed by atoms with Gasteiger partial charge in [-0.2, -0.15) is 9.97 Å². The van der Waals surface area contributed by atoms with E-state index >= 15 is 4.39 Å². The minimum atomic E-state index is -0.787. The number of amides is 4. The number of nitrogens with zero attached hydrogens (tertiary/aromatic N) is 9. The lowest BCUT2D eigenvalue weighted by atomic mass is 9.83. The number of carbonyl (C=O) groups excluding carboxylic acids is 4. The number of pyridine rings is 1. The Bertz CT molecular complexity index is 3470. The summed E-state index contributed by atoms with van der Waals surface area (Å²) in [5.41, 5.74) is 5.31. The van der Waals surface area contributed by atoms with Gasteiger partial charge in [0.05, 0.1) is 46.1 Å². The number of thiazole rings is 1. The number of aromatic nitrogens is 4. The number of hydrogen-bond donors (Lipinski definition) is 3. The molecule has 11 rings (SSSR count). The van der Waals surface area contributed by atoms with Crippen LogP contribution >= 0.6 is 11.3 Å². The highest BCUT2D eigenvalue weighted by atomic mass is 32.1. The van der Waals surface area contributed by atoms with Crippen molar-refractivity contribution in [2.75, 3.05) is 70.4 Å². The highest BCUT2D eigenvalue weighted by Crippen LogP contribution is 2.41. The topological polar surface area (TPSA) is 199 Å². The first-order chi connectivity index (χ1) is 41.1. The van der Waals surface area contributed by atoms with Crippen LogP contribution in [0.25, 0.3) is 43.4 Å². The SMILES string of the molecule is CCc1cccc2cc(O)cc(-c3ncc4c(N5CC6CCC(C5)N6C(=O)OC(C)(C)C)nc(OCCN5CCC(CC6CN(CC(=O)NC(C(=O)N7CCCC7C(=O)NC(C)c7ccc(-c8scnc8C)cc7)C(C)(C)C)C6)CC5)nc4c3F)c12. The average Bonchev–Trinajstić information content (AvgIpc) is 1.20. The molecule has 6 aromatic rings. The number of piperazine rings is 1. The lowest BCUT2D eigenvalue weighted by Gasteiger charge is -2.42. The fourth-order valence-electron chi connectivity index (χ4n) is 13.7. The van der Waals surface area contributed by atoms with Crippen LogP contribution in [0.3, 0.4) is 0 Å². The maximum Gasteiger partial charge on any atom is 0.410 e. The van der Waals surface area contributed by atoms with Crippen molar-refractivity contribution in [1.82, 2.24) is 50.2 Å². The number of likely N-dealkylation sites (tertiary alicyclic amines) is 3. The standard InChI is InChI=1S/C66H84FN11O7S/c1-10-43-13-11-14-46-30-49(79)31-50(54(43)46)56-55(67)57-51(32-68-56)60(76-35-47-20-21-48(36-76)78(47)64(83)85-66(7,8)9)73-63(72-57)84-28-27-74-25-22-41(23-26-74)29-42-33-75(34-42)37-53(80)71-59(65(4,5)6)62(82)77-24-12-15-52(77)61(81)70-39(2)44-16-18-45(19-17-44)58-40(3)69-38-86-58/h11,13-14,16-19,30-32,38-39,41-42,47-48,52,59,79H,10,12,15,20-29,33-37H2,1-9H3,(H,70,81)(H,71,80). The van der Waals surface area contributed by atoms with E-state index in [4.69, 9.17) is 24.4 Å². The number of carbonyl (C=O) groups is 4. The van der Waals surface area contributed by atoms with E-state index in [0.29, 0.717) is 80.7 Å². The molecule has 5 saturated heterocycles. The number of aromatic hydroxyl groups is 1. The average molecular weight is 1190 g/mol. The number of ether oxygens (including phenoxy) is 2. The number of phenols is 1. The van der Waals surface area contributed by atoms with Gasteiger partial charge in [0.25, 0.3) is 0 Å². The summed E-state index contributed by atoms with van der Waals surface area (Å²) in [7, 11) is 0. The molecule has 3 aromatic carbocycles. The number of benzene rings is 3. The van der Waals surface area contributed by atoms with E-state index in [-0.39, 0.29) is 71.5 Å². The van der Waals surface area contributed by atoms with Crippen LogP contribution in [-0.2, 0) is 25.5 Å². The van der Waals surface area contributed by atoms with Crippen LogP contribution in [0.4, 0.5) is 15.0 Å². The Labute approximate surface area is 508 Å². The number of anilines is 1. The predicted octanol–water partition coefficient (Wildman–Crippen LogP) is 10.1. The van der Waals surface area contributed by atoms with Gasteiger partial charge in [-0.3, -0.25) is 34.1 Å². The van der Waals surface area contributed by atoms with Gasteiger partial charge in [-0.25, -0.2) is 14.2 Å². The Morgan fingerprint density at radius 3 is 2.27 bits per heavy atom. The first-order valence-corrected chi connectivity index (χ1v) is 31.8. The third-order valence-electron chi connectivity index (χ3n) is 18.2. The van der Waals surface area contributed by atoms with Crippen molar-refractivity contribution < 1.29 is 38.1 Å². The molecule has 5 aliphatic rings. The van der Waals surface area contributed by atoms with Gasteiger partial charge < -0.3 is 35.0 Å². The number of nitrogens with one attached hydrogen (secondary N) is 2. The zero-order valence-corrected chi connectivity index (χ0v) is 52.1. The lowest BCUT2D eigenvalue weighted by Crippen LogP contribution is -2.59. The molecule has 20 heteroatoms. The Kier molecular flexibility index (Phi) is 17.6. The Hall–Kier alpha value is -7.03. The second kappa shape index (κ2) is 25.0. The van der Waals surface area contributed by atoms with Gasteiger partial charge in [-0.15, -0.1) is 11.3 Å². The van der Waals surface area contributed by atoms with Crippen molar-refractivity contribution in [3.8, 4) is 33.5 Å². The minimum Gasteiger partial charge on any atom is -0.508 e. The van der Waals surface area contributed by atoms with Crippen LogP contribution in [0.1, 0.15) is 123 Å². The summed E-state index contributed by atoms with van der Waals surface area (Å²) >= 11 is 1.60. The van der Waals surface area contributed by atoms with E-state index in [9.17, 15) is 24.3 Å². The summed E-state index contributed by atoms with van der Waals surface area (Å²) in [6.07, 6.45) is 8.06. The molecule has 4 amide bonds. The Morgan fingerprint density at radius 2 is 1.59 bits per heavy atom. The van der Waals surface area contributed by atoms with Crippen molar-refractivity contribution in [3.63, 3.8) is 0 Å². The first kappa shape index (κ1) is 60.6. The van der Waals surface area contributed by atoms with Crippen LogP contribution in [0, 0.1) is 30.0 Å². The molecule has 2 bridgehead atoms. The number of hydrogen-bond acceptors (Lipinski definition) is 15. The van der Waals surface area contributed by atoms with E-state index in [1.54, 1.807) is 34.6 Å². The molecule has 458 valence electrons. The molecule has 0 aliphatic carbocycles. The Balaban J connectivity index is 0.674. The fourth-order valence-corrected chi connectivity index (χ4v) is 14.5. The predicted molar refractivity (Wildman–Crippen MR) is 333 cm³/mol. The number of fused-ring (bicyclic) bond motifs is 4. The van der Waals surface area contributed by atoms with E-state index in [1.165, 1.54) is 0 Å². The van der Waals surface area contributed by atoms with Gasteiger partial charge >= 0.3 is 12.1 Å². The maximum atomic E-state index is 17.4. The summed E-state index contributed by atoms with van der Waals surface area (Å²) < 4.78 is 29.6. The molecule has 3 N–H and O–H groups in total. The second-order valence-electron chi connectivity index (χ2n) is 26.7. The first-order valence-electron chi connectivity index (χ1n) is 30.9. The molecular weight excluding hydrogens is 1110 g/mol. The minimum absolute atomic E-state index is 0.00884. The molecule has 5 aliphatic heterocycles. The molecule has 8 heterocycles. The lowest BCUT2D eigenvalue weighted by molar-refractivity contribution is -0.144. The number of phenolic OH excluding ortho intramolecular Hbond substituents is 1. The highest BCUT2D eigenvalue weighted by Gasteiger charge is 2.46. The summed E-state index contributed by atoms with van der Waals surface area (Å²) in [6, 6.07) is 15.4. The highest BCUT2D eigenvalue weighted by molar-refractivity contribution is 7.13. The van der Waals surface area contributed by atoms with E-state index < -0.39 is 28.9 Å². The molecular formula is C66H84FN11O7S. The van der Waals surface area contributed by atoms with Gasteiger partial charge in [0.1, 0.15) is 47.1 Å². The van der Waals surface area contributed by atoms with Crippen LogP contribution in [-0.4, -0.2) is 164 Å². The molecule has 5 unspecified atom stereocenters. The molecule has 18 nitrogen and oxygen atoms in total. The van der Waals surface area contributed by atoms with Crippen molar-refractivity contribution in [2.45, 2.75) is 149 Å². The zero-order chi connectivity index (χ0) is 60.8. The smallest absolute Gasteiger partial charge is 0.410 e. The van der Waals surface area contributed by atoms with Crippen molar-refractivity contribution >= 4 is 62.6 Å². The quantitative estimate of drug-likeness (QED) is 0.0779. The normalized spacial score (nSPS) is 20.5. The van der Waals surface area contributed by atoms with Gasteiger partial charge in [0, 0.05) is 51.0 Å². The third-order valence-corrected chi connectivity index (χ3v) is 19.1. The monoisotopic (exact) mass is 1190 g/mol. The molecule has 5 fully saturated rings. The Morgan fingerprint density at radius 1 is 0.860 bits per heavy atom. The molecule has 3 aromatic heterocycles. The second-order valence-corrected chi connectivity index (χ2v) is 27.5. The van der Waals surface area contributed by atoms with Crippen LogP contribution in [0.15, 0.2) is 66.3 Å². The van der Waals surface area contributed by atoms with Crippen molar-refractivity contribution in [3.05, 3.63) is 88.9 Å². The number of halogens is 1. The molecule has 0 saturated carbocycles. The summed E-state index contributed by atoms with van der Waals surface area (Å²) in [5.74, 6) is 0.326. The number of aryl methyl sites for hydroxylation is 2. The van der Waals surface area contributed by atoms with Gasteiger partial charge in [-0.1, -0.05) is 70.2 Å². The van der Waals surface area contributed by atoms with Crippen molar-refractivity contribution in [1.29, 1.82) is 0 Å². The number of piperidine rings is 1. The fraction of sp³-hybridized carbons (Fsp3) is 0.545. The van der Waals surface area contributed by atoms with Gasteiger partial charge in [0.2, 0.25) is 17.7 Å². The van der Waals surface area contributed by atoms with Crippen LogP contribution in [0.5, 0.6) is 11.8 Å². The molecule has 5 atom stereocenters. The summed E-state index contributed by atoms with van der Waals surface area (Å²) in [5, 5.41) is 19.2. The largest absolute Gasteiger partial charge is 0.508 e. The van der Waals surface area contributed by atoms with Crippen LogP contribution in [0.2, 0.25) is 0 Å². The third kappa shape index (κ3) is 13.1. The van der Waals surface area contributed by atoms with Gasteiger partial charge in [-0.05, 0) is 156 Å². The van der Waals surface area contributed by atoms with E-state index in [0.717, 1.165) is 96.3 Å². The summed E-state index contributed by atoms with van der Waals surface area (Å²) in [4.78, 5) is 85.4. The zero-order valence-electron chi connectivity index (χ0n) is 51.3. The molecule has 86 heavy (non-hydrogen) atoms. The number of rotatable bonds is 17. The van der Waals surface area contributed by atoms with Crippen LogP contribution < -0.4 is 20.3 Å². The molecule has 0 spiro atoms. The van der Waals surface area contributed by atoms with Gasteiger partial charge in [0.15, 0.2) is 5.82 Å². The summed E-state index contributed by atoms with van der Waals surface area (Å²) in [6.45, 7) is 23.5. The maximum absolute atomic E-state index is 17.4. The molecule has 0 radical (unpaired) electrons. The van der Waals surface area contributed by atoms with E-state index in [1.807, 2.05) is 103 Å².